The van der Waals surface area contributed by atoms with Crippen LogP contribution >= 0.6 is 23.2 Å². The van der Waals surface area contributed by atoms with Crippen molar-refractivity contribution in [3.05, 3.63) is 123 Å². The van der Waals surface area contributed by atoms with Gasteiger partial charge in [0.05, 0.1) is 18.1 Å². The molecule has 0 aliphatic heterocycles. The Morgan fingerprint density at radius 3 is 2.32 bits per heavy atom. The number of aromatic nitrogens is 1. The summed E-state index contributed by atoms with van der Waals surface area (Å²) in [4.78, 5) is 29.3. The minimum Gasteiger partial charge on any atom is -0.494 e. The molecule has 1 amide bonds. The van der Waals surface area contributed by atoms with Crippen molar-refractivity contribution in [2.45, 2.75) is 26.7 Å². The molecular weight excluding hydrogens is 659 g/mol. The predicted molar refractivity (Wildman–Crippen MR) is 186 cm³/mol. The third-order valence-corrected chi connectivity index (χ3v) is 9.88. The molecule has 0 aliphatic rings. The van der Waals surface area contributed by atoms with E-state index >= 15 is 0 Å². The van der Waals surface area contributed by atoms with Crippen molar-refractivity contribution in [1.29, 1.82) is 0 Å². The second kappa shape index (κ2) is 15.1. The summed E-state index contributed by atoms with van der Waals surface area (Å²) in [7, 11) is -3.86. The van der Waals surface area contributed by atoms with Crippen molar-refractivity contribution in [2.24, 2.45) is 0 Å². The van der Waals surface area contributed by atoms with Crippen LogP contribution in [-0.4, -0.2) is 49.7 Å². The fourth-order valence-electron chi connectivity index (χ4n) is 5.25. The standard InChI is InChI=1S/C36H34Cl2N2O6S/c1-23-18-29(19-24(2)34(23)38)45-16-7-12-31-30-14-13-26(37)21-32(30)40-35(31)33(41)22-47(43,44)17-15-39-36(42)25-8-6-11-28(20-25)46-27-9-4-3-5-10-27/h3-6,8-11,13-14,18-21,40H,7,12,15-17,22H2,1-2H3,(H,39,42). The summed E-state index contributed by atoms with van der Waals surface area (Å²) in [5.41, 5.74) is 3.73. The number of hydrogen-bond donors (Lipinski definition) is 2. The topological polar surface area (TPSA) is 115 Å². The Kier molecular flexibility index (Phi) is 10.9. The Balaban J connectivity index is 1.19. The molecular formula is C36H34Cl2N2O6S. The largest absolute Gasteiger partial charge is 0.494 e. The zero-order valence-corrected chi connectivity index (χ0v) is 28.3. The molecule has 5 aromatic rings. The number of aryl methyl sites for hydroxylation is 3. The first kappa shape index (κ1) is 34.0. The third-order valence-electron chi connectivity index (χ3n) is 7.52. The lowest BCUT2D eigenvalue weighted by molar-refractivity contribution is 0.0955. The van der Waals surface area contributed by atoms with Gasteiger partial charge in [-0.1, -0.05) is 53.5 Å². The number of benzene rings is 4. The number of ketones is 1. The molecule has 11 heteroatoms. The zero-order valence-electron chi connectivity index (χ0n) is 25.9. The second-order valence-corrected chi connectivity index (χ2v) is 14.2. The highest BCUT2D eigenvalue weighted by atomic mass is 35.5. The number of carbonyl (C=O) groups is 2. The molecule has 4 aromatic carbocycles. The summed E-state index contributed by atoms with van der Waals surface area (Å²) in [5.74, 6) is -0.327. The van der Waals surface area contributed by atoms with Crippen LogP contribution in [0.25, 0.3) is 10.9 Å². The second-order valence-electron chi connectivity index (χ2n) is 11.2. The van der Waals surface area contributed by atoms with Gasteiger partial charge in [-0.25, -0.2) is 8.42 Å². The van der Waals surface area contributed by atoms with Gasteiger partial charge in [-0.15, -0.1) is 0 Å². The number of aromatic amines is 1. The maximum Gasteiger partial charge on any atom is 0.251 e. The van der Waals surface area contributed by atoms with Crippen LogP contribution < -0.4 is 14.8 Å². The van der Waals surface area contributed by atoms with Gasteiger partial charge in [0.1, 0.15) is 23.0 Å². The van der Waals surface area contributed by atoms with Crippen LogP contribution in [0.1, 0.15) is 44.0 Å². The number of para-hydroxylation sites is 1. The van der Waals surface area contributed by atoms with Crippen LogP contribution in [0, 0.1) is 13.8 Å². The third kappa shape index (κ3) is 8.94. The maximum atomic E-state index is 13.4. The van der Waals surface area contributed by atoms with Crippen molar-refractivity contribution in [3.63, 3.8) is 0 Å². The molecule has 2 N–H and O–H groups in total. The van der Waals surface area contributed by atoms with E-state index in [1.807, 2.05) is 50.2 Å². The summed E-state index contributed by atoms with van der Waals surface area (Å²) in [6.45, 7) is 4.06. The SMILES string of the molecule is Cc1cc(OCCCc2c(C(=O)CS(=O)(=O)CCNC(=O)c3cccc(Oc4ccccc4)c3)[nH]c3cc(Cl)ccc23)cc(C)c1Cl. The molecule has 1 aromatic heterocycles. The van der Waals surface area contributed by atoms with E-state index in [1.165, 1.54) is 0 Å². The molecule has 0 spiro atoms. The number of rotatable bonds is 14. The van der Waals surface area contributed by atoms with Gasteiger partial charge in [0.15, 0.2) is 15.6 Å². The van der Waals surface area contributed by atoms with Gasteiger partial charge in [-0.3, -0.25) is 9.59 Å². The highest BCUT2D eigenvalue weighted by Crippen LogP contribution is 2.29. The van der Waals surface area contributed by atoms with Crippen molar-refractivity contribution in [1.82, 2.24) is 10.3 Å². The summed E-state index contributed by atoms with van der Waals surface area (Å²) in [6, 6.07) is 24.7. The number of halogens is 2. The van der Waals surface area contributed by atoms with E-state index in [-0.39, 0.29) is 12.2 Å². The van der Waals surface area contributed by atoms with Gasteiger partial charge in [0.2, 0.25) is 0 Å². The van der Waals surface area contributed by atoms with Crippen molar-refractivity contribution >= 4 is 55.6 Å². The average Bonchev–Trinajstić information content (AvgIpc) is 3.39. The molecule has 5 rings (SSSR count). The van der Waals surface area contributed by atoms with Crippen molar-refractivity contribution in [2.75, 3.05) is 24.7 Å². The first-order chi connectivity index (χ1) is 22.5. The Morgan fingerprint density at radius 2 is 1.57 bits per heavy atom. The molecule has 244 valence electrons. The molecule has 1 heterocycles. The quantitative estimate of drug-likeness (QED) is 0.0903. The summed E-state index contributed by atoms with van der Waals surface area (Å²) >= 11 is 12.5. The van der Waals surface area contributed by atoms with Crippen LogP contribution in [0.4, 0.5) is 0 Å². The van der Waals surface area contributed by atoms with E-state index in [0.29, 0.717) is 63.4 Å². The number of Topliss-reactive ketones (excluding diaryl/α,β-unsaturated/α-hetero) is 1. The fraction of sp³-hybridized carbons (Fsp3) is 0.222. The smallest absolute Gasteiger partial charge is 0.251 e. The molecule has 0 saturated carbocycles. The van der Waals surface area contributed by atoms with E-state index in [9.17, 15) is 18.0 Å². The lowest BCUT2D eigenvalue weighted by Gasteiger charge is -2.11. The van der Waals surface area contributed by atoms with E-state index in [2.05, 4.69) is 10.3 Å². The van der Waals surface area contributed by atoms with Crippen LogP contribution in [0.3, 0.4) is 0 Å². The van der Waals surface area contributed by atoms with E-state index < -0.39 is 33.0 Å². The Morgan fingerprint density at radius 1 is 0.851 bits per heavy atom. The van der Waals surface area contributed by atoms with Gasteiger partial charge in [-0.05, 0) is 98.0 Å². The molecule has 0 saturated heterocycles. The van der Waals surface area contributed by atoms with Crippen LogP contribution in [-0.2, 0) is 16.3 Å². The lowest BCUT2D eigenvalue weighted by atomic mass is 10.0. The average molecular weight is 694 g/mol. The van der Waals surface area contributed by atoms with E-state index in [0.717, 1.165) is 16.5 Å². The zero-order chi connectivity index (χ0) is 33.6. The van der Waals surface area contributed by atoms with Crippen molar-refractivity contribution in [3.8, 4) is 17.2 Å². The predicted octanol–water partition coefficient (Wildman–Crippen LogP) is 7.92. The number of nitrogens with one attached hydrogen (secondary N) is 2. The van der Waals surface area contributed by atoms with Gasteiger partial charge in [0, 0.05) is 33.1 Å². The number of H-pyrrole nitrogens is 1. The first-order valence-corrected chi connectivity index (χ1v) is 17.6. The lowest BCUT2D eigenvalue weighted by Crippen LogP contribution is -2.31. The van der Waals surface area contributed by atoms with E-state index in [1.54, 1.807) is 48.5 Å². The van der Waals surface area contributed by atoms with Gasteiger partial charge in [0.25, 0.3) is 5.91 Å². The number of fused-ring (bicyclic) bond motifs is 1. The molecule has 8 nitrogen and oxygen atoms in total. The maximum absolute atomic E-state index is 13.4. The van der Waals surface area contributed by atoms with Gasteiger partial charge < -0.3 is 19.8 Å². The van der Waals surface area contributed by atoms with Gasteiger partial charge >= 0.3 is 0 Å². The Bertz CT molecular complexity index is 2000. The highest BCUT2D eigenvalue weighted by molar-refractivity contribution is 7.92. The Labute approximate surface area is 283 Å². The van der Waals surface area contributed by atoms with E-state index in [4.69, 9.17) is 32.7 Å². The summed E-state index contributed by atoms with van der Waals surface area (Å²) in [6.07, 6.45) is 1.05. The summed E-state index contributed by atoms with van der Waals surface area (Å²) < 4.78 is 37.7. The fourth-order valence-corrected chi connectivity index (χ4v) is 6.63. The number of ether oxygens (including phenoxy) is 2. The highest BCUT2D eigenvalue weighted by Gasteiger charge is 2.24. The molecule has 0 bridgehead atoms. The molecule has 0 fully saturated rings. The van der Waals surface area contributed by atoms with Crippen LogP contribution in [0.5, 0.6) is 17.2 Å². The molecule has 47 heavy (non-hydrogen) atoms. The monoisotopic (exact) mass is 692 g/mol. The molecule has 0 unspecified atom stereocenters. The Hall–Kier alpha value is -4.31. The molecule has 0 aliphatic carbocycles. The normalized spacial score (nSPS) is 11.4. The number of sulfone groups is 1. The minimum absolute atomic E-state index is 0.158. The molecule has 0 atom stereocenters. The van der Waals surface area contributed by atoms with Crippen molar-refractivity contribution < 1.29 is 27.5 Å². The minimum atomic E-state index is -3.86. The first-order valence-electron chi connectivity index (χ1n) is 15.0. The molecule has 0 radical (unpaired) electrons. The van der Waals surface area contributed by atoms with Crippen LogP contribution in [0.15, 0.2) is 84.9 Å². The number of amides is 1. The number of carbonyl (C=O) groups excluding carboxylic acids is 2. The van der Waals surface area contributed by atoms with Crippen LogP contribution in [0.2, 0.25) is 10.0 Å². The summed E-state index contributed by atoms with van der Waals surface area (Å²) in [5, 5.41) is 4.61. The van der Waals surface area contributed by atoms with Gasteiger partial charge in [-0.2, -0.15) is 0 Å². The number of hydrogen-bond acceptors (Lipinski definition) is 6.